The molecule has 1 aliphatic heterocycles. The molecule has 2 aromatic carbocycles. The molecule has 3 N–H and O–H groups in total. The standard InChI is InChI=1S/C20H18F3N3O2S2/c21-20(22,23)14-5-1-2-7-17(14)30(28)26-15-6-3-4-12-10-16(25-18(12)15)19-24-11-13(29-19)8-9-27/h1-7,10,13,25-27H,8-9,11H2. The van der Waals surface area contributed by atoms with Crippen LogP contribution in [0.15, 0.2) is 58.4 Å². The summed E-state index contributed by atoms with van der Waals surface area (Å²) >= 11 is 1.58. The molecule has 1 aliphatic rings. The van der Waals surface area contributed by atoms with Crippen LogP contribution in [-0.4, -0.2) is 37.7 Å². The first-order valence-corrected chi connectivity index (χ1v) is 11.2. The van der Waals surface area contributed by atoms with Gasteiger partial charge in [0.1, 0.15) is 5.04 Å². The number of aliphatic hydroxyl groups excluding tert-OH is 1. The van der Waals surface area contributed by atoms with E-state index in [1.165, 1.54) is 18.2 Å². The molecule has 3 aromatic rings. The van der Waals surface area contributed by atoms with Crippen LogP contribution >= 0.6 is 11.8 Å². The largest absolute Gasteiger partial charge is 0.417 e. The number of aromatic nitrogens is 1. The number of fused-ring (bicyclic) bond motifs is 1. The fourth-order valence-corrected chi connectivity index (χ4v) is 5.37. The Bertz CT molecular complexity index is 1130. The number of alkyl halides is 3. The fraction of sp³-hybridized carbons (Fsp3) is 0.250. The zero-order valence-electron chi connectivity index (χ0n) is 15.6. The smallest absolute Gasteiger partial charge is 0.396 e. The number of para-hydroxylation sites is 1. The minimum Gasteiger partial charge on any atom is -0.396 e. The van der Waals surface area contributed by atoms with Crippen molar-refractivity contribution in [2.45, 2.75) is 22.7 Å². The molecule has 1 aromatic heterocycles. The number of rotatable bonds is 6. The zero-order valence-corrected chi connectivity index (χ0v) is 17.2. The highest BCUT2D eigenvalue weighted by Gasteiger charge is 2.34. The quantitative estimate of drug-likeness (QED) is 0.512. The van der Waals surface area contributed by atoms with Crippen molar-refractivity contribution in [1.29, 1.82) is 0 Å². The van der Waals surface area contributed by atoms with Gasteiger partial charge in [0.2, 0.25) is 0 Å². The van der Waals surface area contributed by atoms with Crippen LogP contribution in [0.5, 0.6) is 0 Å². The predicted molar refractivity (Wildman–Crippen MR) is 114 cm³/mol. The Hall–Kier alpha value is -2.30. The van der Waals surface area contributed by atoms with E-state index in [0.717, 1.165) is 22.2 Å². The second-order valence-electron chi connectivity index (χ2n) is 6.72. The van der Waals surface area contributed by atoms with Gasteiger partial charge in [-0.2, -0.15) is 13.2 Å². The Kier molecular flexibility index (Phi) is 5.90. The van der Waals surface area contributed by atoms with Crippen molar-refractivity contribution in [1.82, 2.24) is 4.98 Å². The van der Waals surface area contributed by atoms with E-state index in [0.29, 0.717) is 24.2 Å². The number of nitrogens with one attached hydrogen (secondary N) is 2. The lowest BCUT2D eigenvalue weighted by Gasteiger charge is -2.13. The first-order chi connectivity index (χ1) is 14.4. The molecule has 5 nitrogen and oxygen atoms in total. The van der Waals surface area contributed by atoms with Gasteiger partial charge in [-0.1, -0.05) is 36.0 Å². The SMILES string of the molecule is O=S(Nc1cccc2cc(C3=NCC(CCO)S3)[nH]c12)c1ccccc1C(F)(F)F. The van der Waals surface area contributed by atoms with Gasteiger partial charge in [0.25, 0.3) is 0 Å². The van der Waals surface area contributed by atoms with E-state index >= 15 is 0 Å². The molecule has 0 saturated heterocycles. The summed E-state index contributed by atoms with van der Waals surface area (Å²) in [6.45, 7) is 0.728. The first kappa shape index (κ1) is 21.0. The van der Waals surface area contributed by atoms with Crippen molar-refractivity contribution in [3.05, 3.63) is 59.8 Å². The molecule has 158 valence electrons. The molecule has 0 saturated carbocycles. The Labute approximate surface area is 177 Å². The van der Waals surface area contributed by atoms with Crippen molar-refractivity contribution < 1.29 is 22.5 Å². The van der Waals surface area contributed by atoms with Gasteiger partial charge in [0, 0.05) is 17.2 Å². The van der Waals surface area contributed by atoms with Crippen LogP contribution in [0.1, 0.15) is 17.7 Å². The Morgan fingerprint density at radius 1 is 1.23 bits per heavy atom. The number of hydrogen-bond acceptors (Lipinski definition) is 4. The number of aliphatic imine (C=N–C) groups is 1. The fourth-order valence-electron chi connectivity index (χ4n) is 3.23. The molecule has 10 heteroatoms. The van der Waals surface area contributed by atoms with Crippen LogP contribution < -0.4 is 4.72 Å². The van der Waals surface area contributed by atoms with E-state index in [1.54, 1.807) is 23.9 Å². The molecule has 30 heavy (non-hydrogen) atoms. The third kappa shape index (κ3) is 4.26. The van der Waals surface area contributed by atoms with Gasteiger partial charge < -0.3 is 10.1 Å². The maximum Gasteiger partial charge on any atom is 0.417 e. The van der Waals surface area contributed by atoms with Crippen LogP contribution in [0.3, 0.4) is 0 Å². The third-order valence-corrected chi connectivity index (χ3v) is 7.10. The molecular formula is C20H18F3N3O2S2. The number of hydrogen-bond donors (Lipinski definition) is 3. The number of H-pyrrole nitrogens is 1. The van der Waals surface area contributed by atoms with Crippen LogP contribution in [0.25, 0.3) is 10.9 Å². The second kappa shape index (κ2) is 8.44. The monoisotopic (exact) mass is 453 g/mol. The molecule has 0 radical (unpaired) electrons. The molecule has 2 unspecified atom stereocenters. The Morgan fingerprint density at radius 2 is 2.03 bits per heavy atom. The highest BCUT2D eigenvalue weighted by Crippen LogP contribution is 2.35. The summed E-state index contributed by atoms with van der Waals surface area (Å²) in [5.74, 6) is 0. The molecular weight excluding hydrogens is 435 g/mol. The van der Waals surface area contributed by atoms with Gasteiger partial charge in [0.15, 0.2) is 11.0 Å². The Morgan fingerprint density at radius 3 is 2.80 bits per heavy atom. The molecule has 0 fully saturated rings. The number of thioether (sulfide) groups is 1. The summed E-state index contributed by atoms with van der Waals surface area (Å²) in [6, 6.07) is 12.0. The number of aromatic amines is 1. The zero-order chi connectivity index (χ0) is 21.3. The maximum atomic E-state index is 13.3. The second-order valence-corrected chi connectivity index (χ2v) is 9.19. The average Bonchev–Trinajstić information content (AvgIpc) is 3.35. The van der Waals surface area contributed by atoms with E-state index in [1.807, 2.05) is 12.1 Å². The summed E-state index contributed by atoms with van der Waals surface area (Å²) in [7, 11) is -2.10. The minimum atomic E-state index is -4.59. The van der Waals surface area contributed by atoms with Crippen molar-refractivity contribution in [3.8, 4) is 0 Å². The summed E-state index contributed by atoms with van der Waals surface area (Å²) < 4.78 is 55.2. The molecule has 0 amide bonds. The van der Waals surface area contributed by atoms with Crippen LogP contribution in [0, 0.1) is 0 Å². The van der Waals surface area contributed by atoms with Gasteiger partial charge in [-0.15, -0.1) is 0 Å². The van der Waals surface area contributed by atoms with Gasteiger partial charge in [0.05, 0.1) is 33.9 Å². The van der Waals surface area contributed by atoms with Gasteiger partial charge in [-0.25, -0.2) is 4.21 Å². The van der Waals surface area contributed by atoms with Gasteiger partial charge >= 0.3 is 6.18 Å². The van der Waals surface area contributed by atoms with Crippen molar-refractivity contribution in [3.63, 3.8) is 0 Å². The molecule has 0 spiro atoms. The molecule has 0 aliphatic carbocycles. The highest BCUT2D eigenvalue weighted by molar-refractivity contribution is 8.15. The van der Waals surface area contributed by atoms with Crippen LogP contribution in [-0.2, 0) is 17.2 Å². The predicted octanol–water partition coefficient (Wildman–Crippen LogP) is 4.57. The maximum absolute atomic E-state index is 13.3. The van der Waals surface area contributed by atoms with Crippen LogP contribution in [0.2, 0.25) is 0 Å². The van der Waals surface area contributed by atoms with E-state index < -0.39 is 22.7 Å². The third-order valence-electron chi connectivity index (χ3n) is 4.65. The van der Waals surface area contributed by atoms with E-state index in [4.69, 9.17) is 5.11 Å². The summed E-state index contributed by atoms with van der Waals surface area (Å²) in [5.41, 5.74) is 0.928. The van der Waals surface area contributed by atoms with E-state index in [-0.39, 0.29) is 16.8 Å². The lowest BCUT2D eigenvalue weighted by atomic mass is 10.2. The topological polar surface area (TPSA) is 77.5 Å². The molecule has 2 heterocycles. The highest BCUT2D eigenvalue weighted by atomic mass is 32.2. The molecule has 2 atom stereocenters. The average molecular weight is 454 g/mol. The minimum absolute atomic E-state index is 0.104. The van der Waals surface area contributed by atoms with Gasteiger partial charge in [-0.05, 0) is 30.7 Å². The first-order valence-electron chi connectivity index (χ1n) is 9.15. The lowest BCUT2D eigenvalue weighted by Crippen LogP contribution is -2.14. The van der Waals surface area contributed by atoms with Crippen molar-refractivity contribution in [2.24, 2.45) is 4.99 Å². The Balaban J connectivity index is 1.62. The van der Waals surface area contributed by atoms with Crippen molar-refractivity contribution >= 4 is 44.4 Å². The number of benzene rings is 2. The number of halogens is 3. The number of anilines is 1. The summed E-state index contributed by atoms with van der Waals surface area (Å²) in [5, 5.41) is 11.0. The van der Waals surface area contributed by atoms with E-state index in [2.05, 4.69) is 14.7 Å². The van der Waals surface area contributed by atoms with Gasteiger partial charge in [-0.3, -0.25) is 9.71 Å². The lowest BCUT2D eigenvalue weighted by molar-refractivity contribution is -0.139. The normalized spacial score (nSPS) is 17.9. The summed E-state index contributed by atoms with van der Waals surface area (Å²) in [6.07, 6.45) is -3.94. The van der Waals surface area contributed by atoms with Crippen molar-refractivity contribution in [2.75, 3.05) is 17.9 Å². The van der Waals surface area contributed by atoms with E-state index in [9.17, 15) is 17.4 Å². The summed E-state index contributed by atoms with van der Waals surface area (Å²) in [4.78, 5) is 7.42. The molecule has 0 bridgehead atoms. The number of aliphatic hydroxyl groups is 1. The number of nitrogens with zero attached hydrogens (tertiary/aromatic N) is 1. The molecule has 4 rings (SSSR count). The van der Waals surface area contributed by atoms with Crippen LogP contribution in [0.4, 0.5) is 18.9 Å².